The summed E-state index contributed by atoms with van der Waals surface area (Å²) < 4.78 is 10.9. The summed E-state index contributed by atoms with van der Waals surface area (Å²) in [5.41, 5.74) is 0. The van der Waals surface area contributed by atoms with Crippen LogP contribution in [0.25, 0.3) is 0 Å². The topological polar surface area (TPSA) is 18.5 Å². The fraction of sp³-hybridized carbons (Fsp3) is 0.750. The predicted molar refractivity (Wildman–Crippen MR) is 39.2 cm³/mol. The van der Waals surface area contributed by atoms with Crippen molar-refractivity contribution in [1.82, 2.24) is 0 Å². The molecule has 0 fully saturated rings. The van der Waals surface area contributed by atoms with Crippen LogP contribution in [0.2, 0.25) is 0 Å². The van der Waals surface area contributed by atoms with Gasteiger partial charge >= 0.3 is 0 Å². The van der Waals surface area contributed by atoms with Gasteiger partial charge in [-0.1, -0.05) is 6.92 Å². The van der Waals surface area contributed by atoms with E-state index in [0.29, 0.717) is 0 Å². The Morgan fingerprint density at radius 3 is 1.80 bits per heavy atom. The third-order valence-electron chi connectivity index (χ3n) is 1.88. The van der Waals surface area contributed by atoms with E-state index in [1.165, 1.54) is 0 Å². The maximum absolute atomic E-state index is 5.47. The third kappa shape index (κ3) is 1.11. The van der Waals surface area contributed by atoms with Crippen molar-refractivity contribution in [2.45, 2.75) is 39.9 Å². The van der Waals surface area contributed by atoms with Gasteiger partial charge in [-0.25, -0.2) is 0 Å². The van der Waals surface area contributed by atoms with Crippen molar-refractivity contribution in [3.63, 3.8) is 0 Å². The molecule has 1 rings (SSSR count). The minimum absolute atomic E-state index is 0.395. The summed E-state index contributed by atoms with van der Waals surface area (Å²) in [6.45, 7) is 7.85. The highest BCUT2D eigenvalue weighted by Gasteiger charge is 2.32. The van der Waals surface area contributed by atoms with E-state index in [9.17, 15) is 0 Å². The third-order valence-corrected chi connectivity index (χ3v) is 1.88. The Morgan fingerprint density at radius 2 is 1.60 bits per heavy atom. The lowest BCUT2D eigenvalue weighted by Crippen LogP contribution is -2.24. The van der Waals surface area contributed by atoms with E-state index in [-0.39, 0.29) is 0 Å². The smallest absolute Gasteiger partial charge is 0.247 e. The molecule has 0 bridgehead atoms. The van der Waals surface area contributed by atoms with Crippen LogP contribution in [0.15, 0.2) is 11.5 Å². The minimum Gasteiger partial charge on any atom is -0.454 e. The monoisotopic (exact) mass is 142 g/mol. The molecule has 2 nitrogen and oxygen atoms in total. The van der Waals surface area contributed by atoms with Crippen LogP contribution in [0.5, 0.6) is 0 Å². The molecule has 1 aliphatic heterocycles. The van der Waals surface area contributed by atoms with Gasteiger partial charge in [-0.2, -0.15) is 0 Å². The normalized spacial score (nSPS) is 22.4. The molecular formula is C8H14O2. The summed E-state index contributed by atoms with van der Waals surface area (Å²) in [4.78, 5) is 0. The number of allylic oxidation sites excluding steroid dienone is 2. The first-order chi connectivity index (χ1) is 4.57. The molecule has 0 aromatic carbocycles. The second-order valence-corrected chi connectivity index (χ2v) is 2.80. The number of rotatable bonds is 1. The van der Waals surface area contributed by atoms with Gasteiger partial charge in [0.2, 0.25) is 5.79 Å². The van der Waals surface area contributed by atoms with Crippen LogP contribution in [0.4, 0.5) is 0 Å². The second kappa shape index (κ2) is 2.19. The molecule has 0 aromatic heterocycles. The fourth-order valence-corrected chi connectivity index (χ4v) is 0.957. The molecule has 0 N–H and O–H groups in total. The predicted octanol–water partition coefficient (Wildman–Crippen LogP) is 2.41. The molecule has 2 heteroatoms. The zero-order chi connectivity index (χ0) is 7.78. The summed E-state index contributed by atoms with van der Waals surface area (Å²) in [6.07, 6.45) is 0.877. The van der Waals surface area contributed by atoms with E-state index in [2.05, 4.69) is 0 Å². The first-order valence-corrected chi connectivity index (χ1v) is 3.63. The van der Waals surface area contributed by atoms with Gasteiger partial charge in [0.25, 0.3) is 0 Å². The van der Waals surface area contributed by atoms with Crippen LogP contribution in [-0.2, 0) is 9.47 Å². The maximum Gasteiger partial charge on any atom is 0.247 e. The molecule has 0 radical (unpaired) electrons. The van der Waals surface area contributed by atoms with Crippen LogP contribution in [0.3, 0.4) is 0 Å². The molecule has 0 aromatic rings. The summed E-state index contributed by atoms with van der Waals surface area (Å²) in [6, 6.07) is 0. The number of hydrogen-bond donors (Lipinski definition) is 0. The number of ether oxygens (including phenoxy) is 2. The van der Waals surface area contributed by atoms with Gasteiger partial charge in [0.05, 0.1) is 0 Å². The van der Waals surface area contributed by atoms with Gasteiger partial charge in [0.1, 0.15) is 11.5 Å². The van der Waals surface area contributed by atoms with Gasteiger partial charge in [0, 0.05) is 13.3 Å². The summed E-state index contributed by atoms with van der Waals surface area (Å²) in [7, 11) is 0. The summed E-state index contributed by atoms with van der Waals surface area (Å²) in [5.74, 6) is 1.42. The lowest BCUT2D eigenvalue weighted by atomic mass is 10.2. The molecule has 0 saturated heterocycles. The number of hydrogen-bond acceptors (Lipinski definition) is 2. The fourth-order valence-electron chi connectivity index (χ4n) is 0.957. The van der Waals surface area contributed by atoms with E-state index >= 15 is 0 Å². The quantitative estimate of drug-likeness (QED) is 0.559. The van der Waals surface area contributed by atoms with Gasteiger partial charge in [-0.15, -0.1) is 0 Å². The standard InChI is InChI=1S/C8H14O2/c1-5-8(4)9-6(2)7(3)10-8/h5H2,1-4H3. The van der Waals surface area contributed by atoms with Gasteiger partial charge < -0.3 is 9.47 Å². The first kappa shape index (κ1) is 7.45. The summed E-state index contributed by atoms with van der Waals surface area (Å²) in [5, 5.41) is 0. The molecule has 0 unspecified atom stereocenters. The SMILES string of the molecule is CCC1(C)OC(C)=C(C)O1. The van der Waals surface area contributed by atoms with E-state index in [1.807, 2.05) is 27.7 Å². The highest BCUT2D eigenvalue weighted by molar-refractivity contribution is 5.02. The molecule has 0 aliphatic carbocycles. The Morgan fingerprint density at radius 1 is 1.20 bits per heavy atom. The van der Waals surface area contributed by atoms with Crippen molar-refractivity contribution < 1.29 is 9.47 Å². The highest BCUT2D eigenvalue weighted by atomic mass is 16.7. The average molecular weight is 142 g/mol. The van der Waals surface area contributed by atoms with Crippen LogP contribution >= 0.6 is 0 Å². The minimum atomic E-state index is -0.395. The van der Waals surface area contributed by atoms with Crippen LogP contribution in [0.1, 0.15) is 34.1 Å². The van der Waals surface area contributed by atoms with E-state index in [0.717, 1.165) is 17.9 Å². The molecule has 58 valence electrons. The van der Waals surface area contributed by atoms with E-state index in [4.69, 9.17) is 9.47 Å². The Kier molecular flexibility index (Phi) is 1.63. The Hall–Kier alpha value is -0.660. The van der Waals surface area contributed by atoms with Crippen molar-refractivity contribution >= 4 is 0 Å². The largest absolute Gasteiger partial charge is 0.454 e. The Balaban J connectivity index is 2.66. The zero-order valence-electron chi connectivity index (χ0n) is 7.02. The lowest BCUT2D eigenvalue weighted by molar-refractivity contribution is -0.139. The van der Waals surface area contributed by atoms with Gasteiger partial charge in [0.15, 0.2) is 0 Å². The second-order valence-electron chi connectivity index (χ2n) is 2.80. The van der Waals surface area contributed by atoms with Crippen molar-refractivity contribution in [3.05, 3.63) is 11.5 Å². The first-order valence-electron chi connectivity index (χ1n) is 3.63. The zero-order valence-corrected chi connectivity index (χ0v) is 7.02. The molecule has 1 aliphatic rings. The Labute approximate surface area is 61.8 Å². The maximum atomic E-state index is 5.47. The van der Waals surface area contributed by atoms with Crippen LogP contribution < -0.4 is 0 Å². The van der Waals surface area contributed by atoms with Crippen molar-refractivity contribution in [2.24, 2.45) is 0 Å². The molecule has 1 heterocycles. The van der Waals surface area contributed by atoms with Crippen molar-refractivity contribution in [1.29, 1.82) is 0 Å². The van der Waals surface area contributed by atoms with Crippen LogP contribution in [-0.4, -0.2) is 5.79 Å². The van der Waals surface area contributed by atoms with E-state index < -0.39 is 5.79 Å². The van der Waals surface area contributed by atoms with Crippen LogP contribution in [0, 0.1) is 0 Å². The molecule has 0 amide bonds. The van der Waals surface area contributed by atoms with Crippen molar-refractivity contribution in [2.75, 3.05) is 0 Å². The van der Waals surface area contributed by atoms with Gasteiger partial charge in [-0.05, 0) is 13.8 Å². The molecule has 0 atom stereocenters. The highest BCUT2D eigenvalue weighted by Crippen LogP contribution is 2.32. The molecular weight excluding hydrogens is 128 g/mol. The van der Waals surface area contributed by atoms with Gasteiger partial charge in [-0.3, -0.25) is 0 Å². The lowest BCUT2D eigenvalue weighted by Gasteiger charge is -2.21. The molecule has 0 saturated carbocycles. The summed E-state index contributed by atoms with van der Waals surface area (Å²) >= 11 is 0. The average Bonchev–Trinajstić information content (AvgIpc) is 2.10. The molecule has 0 spiro atoms. The Bertz CT molecular complexity index is 156. The molecule has 10 heavy (non-hydrogen) atoms. The van der Waals surface area contributed by atoms with E-state index in [1.54, 1.807) is 0 Å². The van der Waals surface area contributed by atoms with Crippen molar-refractivity contribution in [3.8, 4) is 0 Å².